The first kappa shape index (κ1) is 15.9. The minimum atomic E-state index is -0.605. The molecule has 2 rings (SSSR count). The third-order valence-corrected chi connectivity index (χ3v) is 3.52. The Balaban J connectivity index is 2.25. The highest BCUT2D eigenvalue weighted by atomic mass is 16.3. The first-order valence-electron chi connectivity index (χ1n) is 7.11. The summed E-state index contributed by atoms with van der Waals surface area (Å²) in [4.78, 5) is 31.0. The van der Waals surface area contributed by atoms with E-state index in [0.717, 1.165) is 11.3 Å². The third kappa shape index (κ3) is 3.40. The van der Waals surface area contributed by atoms with E-state index in [1.807, 2.05) is 13.8 Å². The van der Waals surface area contributed by atoms with Gasteiger partial charge in [0.25, 0.3) is 11.5 Å². The molecule has 0 bridgehead atoms. The molecule has 0 aliphatic carbocycles. The maximum absolute atomic E-state index is 12.3. The van der Waals surface area contributed by atoms with Crippen LogP contribution in [0.3, 0.4) is 0 Å². The van der Waals surface area contributed by atoms with Crippen LogP contribution in [-0.2, 0) is 6.42 Å². The van der Waals surface area contributed by atoms with Gasteiger partial charge in [0.15, 0.2) is 0 Å². The number of aromatic amines is 1. The van der Waals surface area contributed by atoms with Gasteiger partial charge in [-0.05, 0) is 36.6 Å². The number of carbonyl (C=O) groups is 1. The molecule has 0 aliphatic heterocycles. The monoisotopic (exact) mass is 301 g/mol. The fraction of sp³-hybridized carbons (Fsp3) is 0.312. The van der Waals surface area contributed by atoms with Crippen LogP contribution in [0.2, 0.25) is 0 Å². The molecule has 0 saturated heterocycles. The first-order valence-corrected chi connectivity index (χ1v) is 7.11. The highest BCUT2D eigenvalue weighted by Crippen LogP contribution is 2.12. The Bertz CT molecular complexity index is 710. The summed E-state index contributed by atoms with van der Waals surface area (Å²) in [5.74, 6) is -0.519. The smallest absolute Gasteiger partial charge is 0.261 e. The molecular formula is C16H19N3O3. The second-order valence-corrected chi connectivity index (χ2v) is 5.02. The number of nitrogens with zero attached hydrogens (tertiary/aromatic N) is 1. The molecule has 3 N–H and O–H groups in total. The van der Waals surface area contributed by atoms with Gasteiger partial charge in [-0.15, -0.1) is 0 Å². The quantitative estimate of drug-likeness (QED) is 0.771. The standard InChI is InChI=1S/C16H19N3O3/c1-3-13-10(2)7-12(15(21)18-13)16(22)19-14(9-20)11-5-4-6-17-8-11/h4-8,14,20H,3,9H2,1-2H3,(H,18,21)(H,19,22). The lowest BCUT2D eigenvalue weighted by molar-refractivity contribution is 0.0914. The molecule has 0 spiro atoms. The average molecular weight is 301 g/mol. The molecular weight excluding hydrogens is 282 g/mol. The van der Waals surface area contributed by atoms with Crippen LogP contribution in [0.5, 0.6) is 0 Å². The summed E-state index contributed by atoms with van der Waals surface area (Å²) in [6.07, 6.45) is 3.87. The zero-order valence-electron chi connectivity index (χ0n) is 12.6. The molecule has 1 atom stereocenters. The molecule has 2 aromatic heterocycles. The van der Waals surface area contributed by atoms with E-state index in [-0.39, 0.29) is 12.2 Å². The molecule has 0 aromatic carbocycles. The third-order valence-electron chi connectivity index (χ3n) is 3.52. The van der Waals surface area contributed by atoms with Gasteiger partial charge in [0.2, 0.25) is 0 Å². The van der Waals surface area contributed by atoms with Gasteiger partial charge in [0, 0.05) is 18.1 Å². The van der Waals surface area contributed by atoms with Crippen LogP contribution in [0, 0.1) is 6.92 Å². The van der Waals surface area contributed by atoms with Gasteiger partial charge < -0.3 is 15.4 Å². The molecule has 6 heteroatoms. The number of rotatable bonds is 5. The number of amides is 1. The highest BCUT2D eigenvalue weighted by Gasteiger charge is 2.18. The summed E-state index contributed by atoms with van der Waals surface area (Å²) in [7, 11) is 0. The Hall–Kier alpha value is -2.47. The SMILES string of the molecule is CCc1[nH]c(=O)c(C(=O)NC(CO)c2cccnc2)cc1C. The van der Waals surface area contributed by atoms with E-state index in [1.54, 1.807) is 30.6 Å². The fourth-order valence-electron chi connectivity index (χ4n) is 2.26. The number of aryl methyl sites for hydroxylation is 2. The number of hydrogen-bond acceptors (Lipinski definition) is 4. The van der Waals surface area contributed by atoms with Gasteiger partial charge in [-0.3, -0.25) is 14.6 Å². The lowest BCUT2D eigenvalue weighted by Crippen LogP contribution is -2.34. The molecule has 0 aliphatic rings. The molecule has 2 aromatic rings. The number of carbonyl (C=O) groups excluding carboxylic acids is 1. The Morgan fingerprint density at radius 3 is 2.86 bits per heavy atom. The van der Waals surface area contributed by atoms with Crippen LogP contribution in [-0.4, -0.2) is 27.6 Å². The molecule has 6 nitrogen and oxygen atoms in total. The van der Waals surface area contributed by atoms with E-state index in [2.05, 4.69) is 15.3 Å². The van der Waals surface area contributed by atoms with Crippen LogP contribution in [0.15, 0.2) is 35.4 Å². The predicted molar refractivity (Wildman–Crippen MR) is 82.7 cm³/mol. The molecule has 1 amide bonds. The van der Waals surface area contributed by atoms with Crippen molar-refractivity contribution in [1.29, 1.82) is 0 Å². The summed E-state index contributed by atoms with van der Waals surface area (Å²) in [6.45, 7) is 3.50. The van der Waals surface area contributed by atoms with E-state index in [1.165, 1.54) is 0 Å². The number of aliphatic hydroxyl groups is 1. The van der Waals surface area contributed by atoms with Crippen molar-refractivity contribution in [1.82, 2.24) is 15.3 Å². The number of hydrogen-bond donors (Lipinski definition) is 3. The lowest BCUT2D eigenvalue weighted by atomic mass is 10.1. The number of aliphatic hydroxyl groups excluding tert-OH is 1. The van der Waals surface area contributed by atoms with Crippen molar-refractivity contribution < 1.29 is 9.90 Å². The Labute approximate surface area is 128 Å². The fourth-order valence-corrected chi connectivity index (χ4v) is 2.26. The Morgan fingerprint density at radius 1 is 1.50 bits per heavy atom. The first-order chi connectivity index (χ1) is 10.6. The van der Waals surface area contributed by atoms with Crippen molar-refractivity contribution in [3.05, 3.63) is 63.3 Å². The Morgan fingerprint density at radius 2 is 2.27 bits per heavy atom. The minimum Gasteiger partial charge on any atom is -0.394 e. The van der Waals surface area contributed by atoms with E-state index in [9.17, 15) is 14.7 Å². The van der Waals surface area contributed by atoms with Crippen molar-refractivity contribution in [2.75, 3.05) is 6.61 Å². The van der Waals surface area contributed by atoms with Gasteiger partial charge in [-0.1, -0.05) is 13.0 Å². The van der Waals surface area contributed by atoms with Crippen LogP contribution < -0.4 is 10.9 Å². The topological polar surface area (TPSA) is 95.1 Å². The van der Waals surface area contributed by atoms with Crippen molar-refractivity contribution in [2.24, 2.45) is 0 Å². The van der Waals surface area contributed by atoms with Gasteiger partial charge >= 0.3 is 0 Å². The zero-order chi connectivity index (χ0) is 16.1. The van der Waals surface area contributed by atoms with Gasteiger partial charge in [-0.25, -0.2) is 0 Å². The predicted octanol–water partition coefficient (Wildman–Crippen LogP) is 1.10. The molecule has 116 valence electrons. The Kier molecular flexibility index (Phi) is 5.06. The van der Waals surface area contributed by atoms with Crippen LogP contribution >= 0.6 is 0 Å². The van der Waals surface area contributed by atoms with Crippen LogP contribution in [0.4, 0.5) is 0 Å². The summed E-state index contributed by atoms with van der Waals surface area (Å²) < 4.78 is 0. The second-order valence-electron chi connectivity index (χ2n) is 5.02. The average Bonchev–Trinajstić information content (AvgIpc) is 2.54. The van der Waals surface area contributed by atoms with Crippen molar-refractivity contribution in [3.8, 4) is 0 Å². The van der Waals surface area contributed by atoms with Gasteiger partial charge in [0.1, 0.15) is 5.56 Å². The van der Waals surface area contributed by atoms with Crippen LogP contribution in [0.25, 0.3) is 0 Å². The zero-order valence-corrected chi connectivity index (χ0v) is 12.6. The van der Waals surface area contributed by atoms with Crippen molar-refractivity contribution in [3.63, 3.8) is 0 Å². The maximum atomic E-state index is 12.3. The largest absolute Gasteiger partial charge is 0.394 e. The summed E-state index contributed by atoms with van der Waals surface area (Å²) in [6, 6.07) is 4.44. The van der Waals surface area contributed by atoms with E-state index < -0.39 is 17.5 Å². The van der Waals surface area contributed by atoms with Crippen LogP contribution in [0.1, 0.15) is 40.1 Å². The molecule has 22 heavy (non-hydrogen) atoms. The van der Waals surface area contributed by atoms with E-state index in [0.29, 0.717) is 12.0 Å². The van der Waals surface area contributed by atoms with E-state index in [4.69, 9.17) is 0 Å². The lowest BCUT2D eigenvalue weighted by Gasteiger charge is -2.16. The normalized spacial score (nSPS) is 12.0. The molecule has 2 heterocycles. The minimum absolute atomic E-state index is 0.0389. The molecule has 0 radical (unpaired) electrons. The summed E-state index contributed by atoms with van der Waals surface area (Å²) >= 11 is 0. The summed E-state index contributed by atoms with van der Waals surface area (Å²) in [5.41, 5.74) is 1.96. The molecule has 0 saturated carbocycles. The number of nitrogens with one attached hydrogen (secondary N) is 2. The van der Waals surface area contributed by atoms with Crippen molar-refractivity contribution in [2.45, 2.75) is 26.3 Å². The summed E-state index contributed by atoms with van der Waals surface area (Å²) in [5, 5.41) is 12.1. The number of pyridine rings is 2. The van der Waals surface area contributed by atoms with E-state index >= 15 is 0 Å². The van der Waals surface area contributed by atoms with Crippen molar-refractivity contribution >= 4 is 5.91 Å². The van der Waals surface area contributed by atoms with Gasteiger partial charge in [0.05, 0.1) is 12.6 Å². The molecule has 0 fully saturated rings. The molecule has 1 unspecified atom stereocenters. The van der Waals surface area contributed by atoms with Gasteiger partial charge in [-0.2, -0.15) is 0 Å². The second kappa shape index (κ2) is 7.00. The highest BCUT2D eigenvalue weighted by molar-refractivity contribution is 5.94. The number of aromatic nitrogens is 2. The number of H-pyrrole nitrogens is 1. The maximum Gasteiger partial charge on any atom is 0.261 e.